The fourth-order valence-corrected chi connectivity index (χ4v) is 6.10. The molecule has 9 heteroatoms. The van der Waals surface area contributed by atoms with Crippen molar-refractivity contribution in [3.8, 4) is 16.9 Å². The first-order valence-electron chi connectivity index (χ1n) is 13.4. The van der Waals surface area contributed by atoms with Crippen molar-refractivity contribution in [2.75, 3.05) is 33.3 Å². The zero-order valence-electron chi connectivity index (χ0n) is 22.6. The summed E-state index contributed by atoms with van der Waals surface area (Å²) in [6, 6.07) is 11.9. The Labute approximate surface area is 232 Å². The smallest absolute Gasteiger partial charge is 0.241 e. The Kier molecular flexibility index (Phi) is 11.5. The summed E-state index contributed by atoms with van der Waals surface area (Å²) in [6.45, 7) is 5.64. The summed E-state index contributed by atoms with van der Waals surface area (Å²) >= 11 is 6.43. The van der Waals surface area contributed by atoms with Gasteiger partial charge in [0.25, 0.3) is 0 Å². The van der Waals surface area contributed by atoms with Gasteiger partial charge in [-0.05, 0) is 87.3 Å². The Morgan fingerprint density at radius 1 is 1.16 bits per heavy atom. The molecule has 0 aromatic heterocycles. The van der Waals surface area contributed by atoms with Crippen LogP contribution in [0.15, 0.2) is 59.1 Å². The second-order valence-corrected chi connectivity index (χ2v) is 11.7. The monoisotopic (exact) mass is 561 g/mol. The SMILES string of the molecule is CC/C=C(\CCCC1CCN(C(=O)CNS(=O)(=O)c2cccc(-c3ccc(OCC)cc3Cl)c2)CC1)NC. The van der Waals surface area contributed by atoms with E-state index in [-0.39, 0.29) is 17.3 Å². The van der Waals surface area contributed by atoms with Crippen LogP contribution in [0.4, 0.5) is 0 Å². The van der Waals surface area contributed by atoms with Crippen molar-refractivity contribution in [2.24, 2.45) is 5.92 Å². The van der Waals surface area contributed by atoms with E-state index in [0.29, 0.717) is 47.5 Å². The number of piperidine rings is 1. The van der Waals surface area contributed by atoms with Crippen LogP contribution >= 0.6 is 11.6 Å². The minimum Gasteiger partial charge on any atom is -0.494 e. The third-order valence-corrected chi connectivity index (χ3v) is 8.63. The second kappa shape index (κ2) is 14.6. The average Bonchev–Trinajstić information content (AvgIpc) is 2.92. The molecule has 1 fully saturated rings. The molecule has 0 saturated carbocycles. The van der Waals surface area contributed by atoms with Crippen molar-refractivity contribution < 1.29 is 17.9 Å². The van der Waals surface area contributed by atoms with Crippen molar-refractivity contribution in [1.29, 1.82) is 0 Å². The number of carbonyl (C=O) groups is 1. The number of hydrogen-bond donors (Lipinski definition) is 2. The van der Waals surface area contributed by atoms with E-state index in [9.17, 15) is 13.2 Å². The van der Waals surface area contributed by atoms with Gasteiger partial charge in [0.2, 0.25) is 15.9 Å². The lowest BCUT2D eigenvalue weighted by atomic mass is 9.91. The summed E-state index contributed by atoms with van der Waals surface area (Å²) in [6.07, 6.45) is 8.50. The Bertz CT molecular complexity index is 1210. The van der Waals surface area contributed by atoms with Gasteiger partial charge in [-0.2, -0.15) is 0 Å². The topological polar surface area (TPSA) is 87.7 Å². The van der Waals surface area contributed by atoms with Crippen molar-refractivity contribution >= 4 is 27.5 Å². The summed E-state index contributed by atoms with van der Waals surface area (Å²) in [5, 5.41) is 3.73. The minimum absolute atomic E-state index is 0.0875. The van der Waals surface area contributed by atoms with Gasteiger partial charge < -0.3 is 15.0 Å². The molecule has 0 bridgehead atoms. The van der Waals surface area contributed by atoms with Crippen LogP contribution in [0.5, 0.6) is 5.75 Å². The Morgan fingerprint density at radius 3 is 2.58 bits per heavy atom. The lowest BCUT2D eigenvalue weighted by Crippen LogP contribution is -2.44. The van der Waals surface area contributed by atoms with Crippen molar-refractivity contribution in [3.63, 3.8) is 0 Å². The number of allylic oxidation sites excluding steroid dienone is 2. The fraction of sp³-hybridized carbons (Fsp3) is 0.483. The molecule has 0 atom stereocenters. The van der Waals surface area contributed by atoms with E-state index < -0.39 is 10.0 Å². The standard InChI is InChI=1S/C29H40ClN3O4S/c1-4-8-24(31-3)11-6-9-22-15-17-33(18-16-22)29(34)21-32-38(35,36)26-12-7-10-23(19-26)27-14-13-25(37-5-2)20-28(27)30/h7-8,10,12-14,19-20,22,31-32H,4-6,9,11,15-18,21H2,1-3H3/b24-8+. The molecule has 2 aromatic rings. The molecule has 0 radical (unpaired) electrons. The van der Waals surface area contributed by atoms with Gasteiger partial charge in [0.15, 0.2) is 0 Å². The normalized spacial score (nSPS) is 14.9. The molecular weight excluding hydrogens is 522 g/mol. The number of hydrogen-bond acceptors (Lipinski definition) is 5. The first-order valence-corrected chi connectivity index (χ1v) is 15.3. The van der Waals surface area contributed by atoms with Crippen LogP contribution in [-0.4, -0.2) is 52.5 Å². The van der Waals surface area contributed by atoms with Gasteiger partial charge in [0.05, 0.1) is 23.1 Å². The molecule has 208 valence electrons. The van der Waals surface area contributed by atoms with Crippen LogP contribution in [-0.2, 0) is 14.8 Å². The number of halogens is 1. The first kappa shape index (κ1) is 30.0. The molecule has 0 spiro atoms. The maximum Gasteiger partial charge on any atom is 0.241 e. The highest BCUT2D eigenvalue weighted by Gasteiger charge is 2.24. The molecule has 1 aliphatic rings. The zero-order chi connectivity index (χ0) is 27.5. The number of nitrogens with zero attached hydrogens (tertiary/aromatic N) is 1. The molecule has 1 amide bonds. The number of likely N-dealkylation sites (tertiary alicyclic amines) is 1. The molecule has 3 rings (SSSR count). The number of rotatable bonds is 13. The molecule has 1 saturated heterocycles. The zero-order valence-corrected chi connectivity index (χ0v) is 24.2. The van der Waals surface area contributed by atoms with Crippen LogP contribution in [0.1, 0.15) is 52.4 Å². The van der Waals surface area contributed by atoms with Crippen LogP contribution in [0.3, 0.4) is 0 Å². The van der Waals surface area contributed by atoms with Gasteiger partial charge in [-0.15, -0.1) is 0 Å². The highest BCUT2D eigenvalue weighted by atomic mass is 35.5. The summed E-state index contributed by atoms with van der Waals surface area (Å²) < 4.78 is 33.9. The summed E-state index contributed by atoms with van der Waals surface area (Å²) in [7, 11) is -1.90. The maximum atomic E-state index is 13.0. The fourth-order valence-electron chi connectivity index (χ4n) is 4.80. The van der Waals surface area contributed by atoms with Crippen LogP contribution in [0.2, 0.25) is 5.02 Å². The molecular formula is C29H40ClN3O4S. The van der Waals surface area contributed by atoms with E-state index in [2.05, 4.69) is 23.0 Å². The minimum atomic E-state index is -3.87. The van der Waals surface area contributed by atoms with Gasteiger partial charge in [-0.1, -0.05) is 36.7 Å². The molecule has 2 N–H and O–H groups in total. The average molecular weight is 562 g/mol. The van der Waals surface area contributed by atoms with E-state index in [1.165, 1.54) is 11.8 Å². The summed E-state index contributed by atoms with van der Waals surface area (Å²) in [5.74, 6) is 1.06. The molecule has 38 heavy (non-hydrogen) atoms. The number of sulfonamides is 1. The van der Waals surface area contributed by atoms with E-state index in [1.54, 1.807) is 41.3 Å². The number of benzene rings is 2. The van der Waals surface area contributed by atoms with Crippen molar-refractivity contribution in [2.45, 2.75) is 57.3 Å². The summed E-state index contributed by atoms with van der Waals surface area (Å²) in [4.78, 5) is 14.6. The molecule has 1 heterocycles. The van der Waals surface area contributed by atoms with Crippen molar-refractivity contribution in [3.05, 3.63) is 59.3 Å². The van der Waals surface area contributed by atoms with Gasteiger partial charge in [-0.25, -0.2) is 13.1 Å². The van der Waals surface area contributed by atoms with Gasteiger partial charge in [0, 0.05) is 31.4 Å². The van der Waals surface area contributed by atoms with E-state index in [0.717, 1.165) is 38.5 Å². The number of carbonyl (C=O) groups excluding carboxylic acids is 1. The second-order valence-electron chi connectivity index (χ2n) is 9.53. The highest BCUT2D eigenvalue weighted by Crippen LogP contribution is 2.32. The molecule has 2 aromatic carbocycles. The molecule has 1 aliphatic heterocycles. The van der Waals surface area contributed by atoms with E-state index in [4.69, 9.17) is 16.3 Å². The Morgan fingerprint density at radius 2 is 1.92 bits per heavy atom. The Balaban J connectivity index is 1.52. The van der Waals surface area contributed by atoms with E-state index >= 15 is 0 Å². The lowest BCUT2D eigenvalue weighted by Gasteiger charge is -2.32. The lowest BCUT2D eigenvalue weighted by molar-refractivity contribution is -0.131. The third kappa shape index (κ3) is 8.48. The molecule has 0 aliphatic carbocycles. The van der Waals surface area contributed by atoms with Crippen LogP contribution in [0.25, 0.3) is 11.1 Å². The molecule has 0 unspecified atom stereocenters. The van der Waals surface area contributed by atoms with E-state index in [1.807, 2.05) is 14.0 Å². The number of amides is 1. The van der Waals surface area contributed by atoms with Gasteiger partial charge in [0.1, 0.15) is 5.75 Å². The number of ether oxygens (including phenoxy) is 1. The van der Waals surface area contributed by atoms with Crippen LogP contribution in [0, 0.1) is 5.92 Å². The Hall–Kier alpha value is -2.55. The first-order chi connectivity index (χ1) is 18.3. The predicted molar refractivity (Wildman–Crippen MR) is 154 cm³/mol. The molecule has 7 nitrogen and oxygen atoms in total. The largest absolute Gasteiger partial charge is 0.494 e. The predicted octanol–water partition coefficient (Wildman–Crippen LogP) is 5.61. The maximum absolute atomic E-state index is 13.0. The van der Waals surface area contributed by atoms with Crippen LogP contribution < -0.4 is 14.8 Å². The van der Waals surface area contributed by atoms with Gasteiger partial charge in [-0.3, -0.25) is 4.79 Å². The van der Waals surface area contributed by atoms with Crippen molar-refractivity contribution in [1.82, 2.24) is 14.9 Å². The van der Waals surface area contributed by atoms with Gasteiger partial charge >= 0.3 is 0 Å². The third-order valence-electron chi connectivity index (χ3n) is 6.92. The number of nitrogens with one attached hydrogen (secondary N) is 2. The summed E-state index contributed by atoms with van der Waals surface area (Å²) in [5.41, 5.74) is 2.66. The highest BCUT2D eigenvalue weighted by molar-refractivity contribution is 7.89. The quantitative estimate of drug-likeness (QED) is 0.332.